The van der Waals surface area contributed by atoms with Gasteiger partial charge in [0.25, 0.3) is 22.2 Å². The topological polar surface area (TPSA) is 384 Å². The Hall–Kier alpha value is -14.0. The van der Waals surface area contributed by atoms with Gasteiger partial charge < -0.3 is 39.5 Å². The summed E-state index contributed by atoms with van der Waals surface area (Å²) in [6.07, 6.45) is -9.69. The number of pyridine rings is 1. The smallest absolute Gasteiger partial charge is 0.321 e. The van der Waals surface area contributed by atoms with Crippen LogP contribution in [0.4, 0.5) is 39.5 Å². The van der Waals surface area contributed by atoms with Crippen molar-refractivity contribution in [2.24, 2.45) is 0 Å². The van der Waals surface area contributed by atoms with Crippen molar-refractivity contribution in [3.8, 4) is 46.1 Å². The number of rotatable bonds is 20. The lowest BCUT2D eigenvalue weighted by molar-refractivity contribution is -0.138. The van der Waals surface area contributed by atoms with Crippen LogP contribution in [0.1, 0.15) is 83.5 Å². The molecule has 8 aliphatic heterocycles. The Morgan fingerprint density at radius 1 is 0.306 bits per heavy atom. The molecule has 0 aliphatic carbocycles. The SMILES string of the molecule is Cc1cc2nc3c(=O)[nH]c(=O)nc-3n(CCNCc3ccc(C(F)(F)F)cc3)c2cc1C.Cc1cc2nc3c(=O)[nH]c(=O)nc-3n(CCNCc3cccc(C(F)(F)F)c3)c2cc1C.Cc1cc2nc3c(=O)[nH]c(=O)nc-3n(CCNCc3ccccc3C(F)(F)F)c2cc1C.Cc1cc2nc3c(=O)[nH]c(=O)nc-3n(CCNCc3ccncc3)c2cc1C. The number of benzene rings is 7. The first-order valence-corrected chi connectivity index (χ1v) is 38.8. The molecule has 640 valence electrons. The molecule has 1 aromatic heterocycles. The summed E-state index contributed by atoms with van der Waals surface area (Å²) in [4.78, 5) is 143. The van der Waals surface area contributed by atoms with Gasteiger partial charge in [0.05, 0.1) is 60.8 Å². The van der Waals surface area contributed by atoms with E-state index in [1.807, 2.05) is 121 Å². The molecule has 7 aromatic carbocycles. The summed E-state index contributed by atoms with van der Waals surface area (Å²) >= 11 is 0. The van der Waals surface area contributed by atoms with E-state index in [1.54, 1.807) is 38.2 Å². The molecular weight excluding hydrogens is 1630 g/mol. The number of nitrogens with zero attached hydrogens (tertiary/aromatic N) is 13. The Labute approximate surface area is 696 Å². The summed E-state index contributed by atoms with van der Waals surface area (Å²) in [6.45, 7) is 20.2. The highest BCUT2D eigenvalue weighted by molar-refractivity contribution is 5.84. The Kier molecular flexibility index (Phi) is 26.0. The molecule has 0 amide bonds. The molecule has 0 atom stereocenters. The van der Waals surface area contributed by atoms with Gasteiger partial charge in [0.2, 0.25) is 0 Å². The average molecular weight is 1710 g/mol. The third-order valence-corrected chi connectivity index (χ3v) is 20.9. The lowest BCUT2D eigenvalue weighted by atomic mass is 10.1. The van der Waals surface area contributed by atoms with E-state index >= 15 is 0 Å². The quantitative estimate of drug-likeness (QED) is 0.0200. The van der Waals surface area contributed by atoms with E-state index in [0.717, 1.165) is 91.4 Å². The zero-order valence-corrected chi connectivity index (χ0v) is 67.8. The van der Waals surface area contributed by atoms with Crippen molar-refractivity contribution in [1.82, 2.24) is 104 Å². The first-order chi connectivity index (χ1) is 58.9. The van der Waals surface area contributed by atoms with Crippen molar-refractivity contribution >= 4 is 44.1 Å². The summed E-state index contributed by atoms with van der Waals surface area (Å²) in [5.41, 5.74) is 9.03. The molecule has 0 bridgehead atoms. The van der Waals surface area contributed by atoms with Crippen LogP contribution in [0.25, 0.3) is 90.2 Å². The Morgan fingerprint density at radius 3 is 0.944 bits per heavy atom. The Morgan fingerprint density at radius 2 is 0.613 bits per heavy atom. The van der Waals surface area contributed by atoms with Crippen LogP contribution in [0.2, 0.25) is 0 Å². The van der Waals surface area contributed by atoms with E-state index in [4.69, 9.17) is 0 Å². The molecule has 0 unspecified atom stereocenters. The number of aryl methyl sites for hydroxylation is 8. The molecular formula is C86H80F9N21O8. The third kappa shape index (κ3) is 20.3. The highest BCUT2D eigenvalue weighted by Crippen LogP contribution is 2.35. The van der Waals surface area contributed by atoms with Gasteiger partial charge in [-0.05, 0) is 207 Å². The van der Waals surface area contributed by atoms with Gasteiger partial charge in [-0.3, -0.25) is 44.1 Å². The molecule has 0 spiro atoms. The van der Waals surface area contributed by atoms with Gasteiger partial charge in [-0.25, -0.2) is 39.1 Å². The second-order valence-electron chi connectivity index (χ2n) is 29.5. The van der Waals surface area contributed by atoms with Crippen molar-refractivity contribution < 1.29 is 39.5 Å². The largest absolute Gasteiger partial charge is 0.416 e. The monoisotopic (exact) mass is 1710 g/mol. The van der Waals surface area contributed by atoms with Crippen LogP contribution in [-0.2, 0) is 70.9 Å². The van der Waals surface area contributed by atoms with E-state index in [2.05, 4.69) is 86.1 Å². The van der Waals surface area contributed by atoms with E-state index in [1.165, 1.54) is 30.3 Å². The van der Waals surface area contributed by atoms with Gasteiger partial charge in [-0.15, -0.1) is 0 Å². The van der Waals surface area contributed by atoms with Crippen molar-refractivity contribution in [3.05, 3.63) is 313 Å². The third-order valence-electron chi connectivity index (χ3n) is 20.9. The van der Waals surface area contributed by atoms with Gasteiger partial charge in [0.1, 0.15) is 0 Å². The first kappa shape index (κ1) is 87.8. The van der Waals surface area contributed by atoms with Crippen LogP contribution in [0.5, 0.6) is 0 Å². The molecule has 8 N–H and O–H groups in total. The lowest BCUT2D eigenvalue weighted by Crippen LogP contribution is -2.30. The first-order valence-electron chi connectivity index (χ1n) is 38.8. The van der Waals surface area contributed by atoms with Crippen LogP contribution in [0, 0.1) is 55.4 Å². The Bertz CT molecular complexity index is 7060. The molecule has 124 heavy (non-hydrogen) atoms. The minimum Gasteiger partial charge on any atom is -0.321 e. The highest BCUT2D eigenvalue weighted by Gasteiger charge is 2.34. The zero-order valence-electron chi connectivity index (χ0n) is 67.8. The van der Waals surface area contributed by atoms with E-state index in [9.17, 15) is 77.9 Å². The fourth-order valence-electron chi connectivity index (χ4n) is 13.9. The van der Waals surface area contributed by atoms with Gasteiger partial charge in [-0.2, -0.15) is 59.4 Å². The number of H-pyrrole nitrogens is 4. The van der Waals surface area contributed by atoms with Crippen molar-refractivity contribution in [3.63, 3.8) is 0 Å². The fraction of sp³-hybridized carbons (Fsp3) is 0.267. The van der Waals surface area contributed by atoms with E-state index in [-0.39, 0.29) is 72.0 Å². The van der Waals surface area contributed by atoms with Gasteiger partial charge in [0.15, 0.2) is 46.1 Å². The minimum atomic E-state index is -4.44. The van der Waals surface area contributed by atoms with Crippen LogP contribution in [0.3, 0.4) is 0 Å². The maximum Gasteiger partial charge on any atom is 0.416 e. The van der Waals surface area contributed by atoms with Crippen molar-refractivity contribution in [1.29, 1.82) is 0 Å². The zero-order chi connectivity index (χ0) is 88.8. The molecule has 0 saturated carbocycles. The van der Waals surface area contributed by atoms with Gasteiger partial charge in [-0.1, -0.05) is 48.5 Å². The standard InChI is InChI=1S/3C22H20F3N5O2.C20H20N6O2/c1-12-9-16-17(10-13(12)2)30(19-18(27-16)20(31)29-21(32)28-19)8-7-26-11-14-3-5-15(6-4-14)22(23,24)25;1-12-8-16-17(9-13(12)2)30(19-18(27-16)20(31)29-21(32)28-19)7-6-26-11-14-4-3-5-15(10-14)22(23,24)25;1-12-9-16-17(10-13(12)2)30(19-18(27-16)20(31)29-21(32)28-19)8-7-26-11-14-5-3-4-6-15(14)22(23,24)25;1-12-9-15-16(10-13(12)2)26(8-7-22-11-14-3-5-21-6-4-14)18-17(23-15)19(27)25-20(28)24-18/h3-6,9-10,26H,7-8,11H2,1-2H3,(H,29,31,32);3-5,8-10,26H,6-7,11H2,1-2H3,(H,29,31,32);3-6,9-10,26H,7-8,11H2,1-2H3,(H,29,31,32);3-6,9-10,22H,7-8,11H2,1-2H3,(H,25,27,28). The number of fused-ring (bicyclic) bond motifs is 8. The second-order valence-corrected chi connectivity index (χ2v) is 29.5. The van der Waals surface area contributed by atoms with Crippen molar-refractivity contribution in [2.75, 3.05) is 26.2 Å². The van der Waals surface area contributed by atoms with Gasteiger partial charge >= 0.3 is 41.3 Å². The van der Waals surface area contributed by atoms with E-state index in [0.29, 0.717) is 102 Å². The summed E-state index contributed by atoms with van der Waals surface area (Å²) in [5, 5.41) is 12.7. The summed E-state index contributed by atoms with van der Waals surface area (Å²) in [6, 6.07) is 34.7. The van der Waals surface area contributed by atoms with Crippen molar-refractivity contribution in [2.45, 2.75) is 126 Å². The summed E-state index contributed by atoms with van der Waals surface area (Å²) in [7, 11) is 0. The van der Waals surface area contributed by atoms with Crippen LogP contribution >= 0.6 is 0 Å². The second kappa shape index (κ2) is 36.8. The van der Waals surface area contributed by atoms with E-state index < -0.39 is 80.2 Å². The maximum absolute atomic E-state index is 13.2. The number of nitrogens with one attached hydrogen (secondary N) is 8. The molecule has 8 aromatic rings. The number of aromatic amines is 4. The molecule has 29 nitrogen and oxygen atoms in total. The number of aromatic nitrogens is 17. The molecule has 0 saturated heterocycles. The van der Waals surface area contributed by atoms with Crippen LogP contribution in [-0.4, -0.2) is 109 Å². The predicted octanol–water partition coefficient (Wildman–Crippen LogP) is 10.4. The molecule has 8 aliphatic rings. The average Bonchev–Trinajstić information content (AvgIpc) is 0.767. The number of hydrogen-bond acceptors (Lipinski definition) is 21. The molecule has 9 heterocycles. The number of halogens is 9. The minimum absolute atomic E-state index is 0.0101. The van der Waals surface area contributed by atoms with Gasteiger partial charge in [0, 0.05) is 90.9 Å². The molecule has 0 radical (unpaired) electrons. The Balaban J connectivity index is 0.000000142. The molecule has 0 fully saturated rings. The molecule has 38 heteroatoms. The molecule has 16 rings (SSSR count). The van der Waals surface area contributed by atoms with Crippen LogP contribution in [0.15, 0.2) is 184 Å². The van der Waals surface area contributed by atoms with Crippen LogP contribution < -0.4 is 66.3 Å². The maximum atomic E-state index is 13.2. The predicted molar refractivity (Wildman–Crippen MR) is 447 cm³/mol. The lowest BCUT2D eigenvalue weighted by Gasteiger charge is -2.18. The number of alkyl halides is 9. The fourth-order valence-corrected chi connectivity index (χ4v) is 13.9. The highest BCUT2D eigenvalue weighted by atomic mass is 19.4. The summed E-state index contributed by atoms with van der Waals surface area (Å²) < 4.78 is 124. The number of hydrogen-bond donors (Lipinski definition) is 8. The normalized spacial score (nSPS) is 11.9. The summed E-state index contributed by atoms with van der Waals surface area (Å²) in [5.74, 6) is 0.781.